The van der Waals surface area contributed by atoms with E-state index >= 15 is 0 Å². The zero-order valence-electron chi connectivity index (χ0n) is 18.0. The molecule has 3 unspecified atom stereocenters. The second kappa shape index (κ2) is 8.70. The van der Waals surface area contributed by atoms with Gasteiger partial charge in [-0.15, -0.1) is 0 Å². The molecule has 4 aliphatic heterocycles. The normalized spacial score (nSPS) is 35.9. The average molecular weight is 401 g/mol. The summed E-state index contributed by atoms with van der Waals surface area (Å²) in [6.07, 6.45) is 11.4. The molecule has 160 valence electrons. The predicted octanol–water partition coefficient (Wildman–Crippen LogP) is 1.69. The number of nitrogens with zero attached hydrogens (tertiary/aromatic N) is 2. The van der Waals surface area contributed by atoms with Gasteiger partial charge in [-0.2, -0.15) is 0 Å². The number of nitrogens with one attached hydrogen (secondary N) is 2. The summed E-state index contributed by atoms with van der Waals surface area (Å²) >= 11 is 0. The highest BCUT2D eigenvalue weighted by atomic mass is 16.2. The minimum Gasteiger partial charge on any atom is -0.316 e. The van der Waals surface area contributed by atoms with Crippen molar-refractivity contribution in [2.75, 3.05) is 39.3 Å². The topological polar surface area (TPSA) is 64.7 Å². The van der Waals surface area contributed by atoms with Crippen LogP contribution >= 0.6 is 0 Å². The molecular formula is C23H36N4O2. The molecule has 4 fully saturated rings. The summed E-state index contributed by atoms with van der Waals surface area (Å²) in [6, 6.07) is 1.18. The van der Waals surface area contributed by atoms with Gasteiger partial charge in [-0.3, -0.25) is 24.7 Å². The Kier molecular flexibility index (Phi) is 6.23. The van der Waals surface area contributed by atoms with E-state index in [1.807, 2.05) is 13.8 Å². The Morgan fingerprint density at radius 1 is 1.14 bits per heavy atom. The second-order valence-corrected chi connectivity index (χ2v) is 9.12. The summed E-state index contributed by atoms with van der Waals surface area (Å²) in [7, 11) is 0. The molecular weight excluding hydrogens is 364 g/mol. The van der Waals surface area contributed by atoms with Gasteiger partial charge in [-0.25, -0.2) is 0 Å². The number of allylic oxidation sites excluding steroid dienone is 1. The lowest BCUT2D eigenvalue weighted by molar-refractivity contribution is -0.135. The van der Waals surface area contributed by atoms with Gasteiger partial charge in [0.25, 0.3) is 0 Å². The van der Waals surface area contributed by atoms with Crippen LogP contribution in [0.25, 0.3) is 0 Å². The Labute approximate surface area is 174 Å². The van der Waals surface area contributed by atoms with E-state index in [0.29, 0.717) is 24.3 Å². The molecule has 0 radical (unpaired) electrons. The van der Waals surface area contributed by atoms with Gasteiger partial charge in [0, 0.05) is 44.7 Å². The maximum Gasteiger partial charge on any atom is 0.234 e. The summed E-state index contributed by atoms with van der Waals surface area (Å²) in [4.78, 5) is 28.7. The lowest BCUT2D eigenvalue weighted by Gasteiger charge is -2.48. The number of likely N-dealkylation sites (tertiary alicyclic amines) is 2. The molecule has 4 saturated heterocycles. The largest absolute Gasteiger partial charge is 0.316 e. The van der Waals surface area contributed by atoms with Gasteiger partial charge in [-0.1, -0.05) is 32.1 Å². The van der Waals surface area contributed by atoms with Gasteiger partial charge >= 0.3 is 0 Å². The van der Waals surface area contributed by atoms with E-state index in [-0.39, 0.29) is 17.7 Å². The number of piperidine rings is 1. The van der Waals surface area contributed by atoms with Gasteiger partial charge in [-0.05, 0) is 49.8 Å². The number of hydrogen-bond acceptors (Lipinski definition) is 5. The zero-order valence-corrected chi connectivity index (χ0v) is 18.0. The van der Waals surface area contributed by atoms with E-state index in [2.05, 4.69) is 38.7 Å². The van der Waals surface area contributed by atoms with Crippen LogP contribution in [0.4, 0.5) is 0 Å². The molecule has 3 atom stereocenters. The van der Waals surface area contributed by atoms with Crippen molar-refractivity contribution in [1.82, 2.24) is 20.4 Å². The lowest BCUT2D eigenvalue weighted by Crippen LogP contribution is -2.61. The number of carbonyl (C=O) groups is 2. The fourth-order valence-corrected chi connectivity index (χ4v) is 5.58. The standard InChI is InChI=1S/C21H30N4O2.C2H6/c26-19-6-5-18(20(27)23-19)15-1-3-16(4-2-15)25-11-17(12-25)24-10-8-21(14-24)7-9-22-13-21;1-2/h1-3,16-18,22H,4-14H2,(H,23,26,27);1-2H3. The molecule has 1 aliphatic carbocycles. The van der Waals surface area contributed by atoms with Crippen LogP contribution < -0.4 is 10.6 Å². The number of rotatable bonds is 3. The lowest BCUT2D eigenvalue weighted by atomic mass is 9.85. The second-order valence-electron chi connectivity index (χ2n) is 9.12. The average Bonchev–Trinajstić information content (AvgIpc) is 3.33. The van der Waals surface area contributed by atoms with Crippen molar-refractivity contribution in [3.8, 4) is 0 Å². The SMILES string of the molecule is CC.O=C1CCC(C2=CCC(N3CC(N4CCC5(CCNC5)C4)C3)C=C2)C(=O)N1. The maximum absolute atomic E-state index is 12.1. The zero-order chi connectivity index (χ0) is 20.4. The fraction of sp³-hybridized carbons (Fsp3) is 0.739. The molecule has 4 heterocycles. The van der Waals surface area contributed by atoms with Crippen molar-refractivity contribution in [2.24, 2.45) is 11.3 Å². The molecule has 0 bridgehead atoms. The van der Waals surface area contributed by atoms with E-state index in [9.17, 15) is 9.59 Å². The molecule has 0 saturated carbocycles. The maximum atomic E-state index is 12.1. The molecule has 2 amide bonds. The molecule has 0 aromatic heterocycles. The van der Waals surface area contributed by atoms with Crippen LogP contribution in [0, 0.1) is 11.3 Å². The minimum atomic E-state index is -0.148. The molecule has 1 spiro atoms. The first-order valence-electron chi connectivity index (χ1n) is 11.5. The Morgan fingerprint density at radius 3 is 2.62 bits per heavy atom. The van der Waals surface area contributed by atoms with Crippen molar-refractivity contribution in [1.29, 1.82) is 0 Å². The number of imide groups is 1. The van der Waals surface area contributed by atoms with Crippen molar-refractivity contribution >= 4 is 11.8 Å². The van der Waals surface area contributed by atoms with Gasteiger partial charge in [0.05, 0.1) is 5.92 Å². The van der Waals surface area contributed by atoms with E-state index in [0.717, 1.165) is 18.0 Å². The summed E-state index contributed by atoms with van der Waals surface area (Å²) in [5, 5.41) is 6.02. The number of carbonyl (C=O) groups excluding carboxylic acids is 2. The predicted molar refractivity (Wildman–Crippen MR) is 114 cm³/mol. The fourth-order valence-electron chi connectivity index (χ4n) is 5.58. The van der Waals surface area contributed by atoms with Gasteiger partial charge in [0.2, 0.25) is 11.8 Å². The molecule has 0 aromatic carbocycles. The molecule has 5 rings (SSSR count). The van der Waals surface area contributed by atoms with Crippen molar-refractivity contribution < 1.29 is 9.59 Å². The Bertz CT molecular complexity index is 689. The van der Waals surface area contributed by atoms with Crippen LogP contribution in [-0.4, -0.2) is 73.0 Å². The number of amides is 2. The van der Waals surface area contributed by atoms with Crippen molar-refractivity contribution in [3.63, 3.8) is 0 Å². The summed E-state index contributed by atoms with van der Waals surface area (Å²) in [5.41, 5.74) is 1.65. The molecule has 0 aromatic rings. The van der Waals surface area contributed by atoms with E-state index < -0.39 is 0 Å². The third-order valence-electron chi connectivity index (χ3n) is 7.42. The summed E-state index contributed by atoms with van der Waals surface area (Å²) < 4.78 is 0. The Morgan fingerprint density at radius 2 is 1.97 bits per heavy atom. The molecule has 6 heteroatoms. The minimum absolute atomic E-state index is 0.131. The number of hydrogen-bond donors (Lipinski definition) is 2. The van der Waals surface area contributed by atoms with E-state index in [1.165, 1.54) is 52.1 Å². The Balaban J connectivity index is 0.000000994. The first-order chi connectivity index (χ1) is 14.1. The first-order valence-corrected chi connectivity index (χ1v) is 11.5. The summed E-state index contributed by atoms with van der Waals surface area (Å²) in [6.45, 7) is 11.3. The quantitative estimate of drug-likeness (QED) is 0.706. The van der Waals surface area contributed by atoms with E-state index in [4.69, 9.17) is 0 Å². The van der Waals surface area contributed by atoms with Gasteiger partial charge < -0.3 is 5.32 Å². The van der Waals surface area contributed by atoms with Crippen LogP contribution in [0.5, 0.6) is 0 Å². The van der Waals surface area contributed by atoms with Gasteiger partial charge in [0.15, 0.2) is 0 Å². The first kappa shape index (κ1) is 20.8. The molecule has 6 nitrogen and oxygen atoms in total. The smallest absolute Gasteiger partial charge is 0.234 e. The highest BCUT2D eigenvalue weighted by Gasteiger charge is 2.45. The van der Waals surface area contributed by atoms with Crippen LogP contribution in [0.1, 0.15) is 46.0 Å². The van der Waals surface area contributed by atoms with Crippen LogP contribution in [0.3, 0.4) is 0 Å². The van der Waals surface area contributed by atoms with Crippen molar-refractivity contribution in [3.05, 3.63) is 23.8 Å². The monoisotopic (exact) mass is 400 g/mol. The Hall–Kier alpha value is -1.50. The highest BCUT2D eigenvalue weighted by molar-refractivity contribution is 6.00. The third kappa shape index (κ3) is 4.21. The highest BCUT2D eigenvalue weighted by Crippen LogP contribution is 2.38. The summed E-state index contributed by atoms with van der Waals surface area (Å²) in [5.74, 6) is -0.419. The molecule has 2 N–H and O–H groups in total. The van der Waals surface area contributed by atoms with Crippen LogP contribution in [-0.2, 0) is 9.59 Å². The molecule has 29 heavy (non-hydrogen) atoms. The third-order valence-corrected chi connectivity index (χ3v) is 7.42. The van der Waals surface area contributed by atoms with Crippen LogP contribution in [0.2, 0.25) is 0 Å². The van der Waals surface area contributed by atoms with Crippen LogP contribution in [0.15, 0.2) is 23.8 Å². The van der Waals surface area contributed by atoms with Gasteiger partial charge in [0.1, 0.15) is 0 Å². The van der Waals surface area contributed by atoms with Crippen molar-refractivity contribution in [2.45, 2.75) is 58.0 Å². The molecule has 5 aliphatic rings. The van der Waals surface area contributed by atoms with E-state index in [1.54, 1.807) is 0 Å².